The first-order valence-electron chi connectivity index (χ1n) is 11.4. The second kappa shape index (κ2) is 10.6. The van der Waals surface area contributed by atoms with E-state index in [9.17, 15) is 14.4 Å². The van der Waals surface area contributed by atoms with Gasteiger partial charge >= 0.3 is 6.09 Å². The van der Waals surface area contributed by atoms with Crippen LogP contribution in [0.15, 0.2) is 35.5 Å². The normalized spacial score (nSPS) is 12.4. The van der Waals surface area contributed by atoms with Crippen LogP contribution in [-0.4, -0.2) is 58.6 Å². The molecule has 1 aromatic heterocycles. The molecule has 1 aliphatic heterocycles. The molecule has 2 aromatic rings. The van der Waals surface area contributed by atoms with Crippen molar-refractivity contribution in [2.75, 3.05) is 23.0 Å². The molecule has 0 aliphatic carbocycles. The lowest BCUT2D eigenvalue weighted by molar-refractivity contribution is -0.116. The van der Waals surface area contributed by atoms with Crippen LogP contribution in [0.2, 0.25) is 0 Å². The number of aromatic nitrogens is 2. The molecule has 1 aliphatic rings. The van der Waals surface area contributed by atoms with Crippen molar-refractivity contribution in [3.8, 4) is 5.75 Å². The van der Waals surface area contributed by atoms with E-state index in [0.29, 0.717) is 24.3 Å². The van der Waals surface area contributed by atoms with Crippen LogP contribution in [0.1, 0.15) is 50.5 Å². The minimum absolute atomic E-state index is 0.00573. The van der Waals surface area contributed by atoms with E-state index in [2.05, 4.69) is 15.0 Å². The van der Waals surface area contributed by atoms with E-state index in [4.69, 9.17) is 20.9 Å². The zero-order valence-electron chi connectivity index (χ0n) is 21.0. The van der Waals surface area contributed by atoms with Crippen molar-refractivity contribution in [1.29, 1.82) is 0 Å². The molecule has 0 radical (unpaired) electrons. The van der Waals surface area contributed by atoms with E-state index in [1.165, 1.54) is 17.2 Å². The van der Waals surface area contributed by atoms with Crippen LogP contribution in [0.5, 0.6) is 5.75 Å². The van der Waals surface area contributed by atoms with Gasteiger partial charge in [-0.05, 0) is 64.4 Å². The van der Waals surface area contributed by atoms with Gasteiger partial charge in [-0.15, -0.1) is 0 Å². The molecule has 0 unspecified atom stereocenters. The summed E-state index contributed by atoms with van der Waals surface area (Å²) in [7, 11) is 0. The quantitative estimate of drug-likeness (QED) is 0.448. The first-order valence-corrected chi connectivity index (χ1v) is 11.4. The molecule has 0 fully saturated rings. The molecule has 0 spiro atoms. The van der Waals surface area contributed by atoms with E-state index in [0.717, 1.165) is 10.5 Å². The van der Waals surface area contributed by atoms with Crippen molar-refractivity contribution in [1.82, 2.24) is 9.97 Å². The fourth-order valence-corrected chi connectivity index (χ4v) is 3.49. The topological polar surface area (TPSA) is 166 Å². The number of amides is 3. The molecule has 1 aromatic carbocycles. The standard InChI is InChI=1S/C24H31N7O5/c1-14(2)31(23(34)36-24(3,4)5)22-27-10-8-18(28-22)30(13-19(32)29-21(25)26)20(33)16-6-7-17-15(12-16)9-11-35-17/h6-8,10,12,14H,9,11,13H2,1-5H3,(H4,25,26,29,32). The Kier molecular flexibility index (Phi) is 7.76. The first-order chi connectivity index (χ1) is 16.9. The predicted octanol–water partition coefficient (Wildman–Crippen LogP) is 2.01. The summed E-state index contributed by atoms with van der Waals surface area (Å²) in [6, 6.07) is 6.12. The van der Waals surface area contributed by atoms with Crippen molar-refractivity contribution in [3.63, 3.8) is 0 Å². The fraction of sp³-hybridized carbons (Fsp3) is 0.417. The maximum absolute atomic E-state index is 13.6. The van der Waals surface area contributed by atoms with Crippen LogP contribution < -0.4 is 26.0 Å². The Labute approximate surface area is 209 Å². The van der Waals surface area contributed by atoms with Crippen LogP contribution in [0.25, 0.3) is 0 Å². The molecule has 0 saturated carbocycles. The molecule has 12 nitrogen and oxygen atoms in total. The van der Waals surface area contributed by atoms with E-state index in [1.807, 2.05) is 0 Å². The highest BCUT2D eigenvalue weighted by Crippen LogP contribution is 2.27. The number of anilines is 2. The van der Waals surface area contributed by atoms with Crippen molar-refractivity contribution in [2.24, 2.45) is 16.5 Å². The summed E-state index contributed by atoms with van der Waals surface area (Å²) >= 11 is 0. The zero-order chi connectivity index (χ0) is 26.6. The third kappa shape index (κ3) is 6.46. The lowest BCUT2D eigenvalue weighted by Crippen LogP contribution is -2.42. The molecule has 3 rings (SSSR count). The minimum Gasteiger partial charge on any atom is -0.493 e. The number of rotatable bonds is 6. The molecule has 192 valence electrons. The maximum Gasteiger partial charge on any atom is 0.417 e. The van der Waals surface area contributed by atoms with Gasteiger partial charge in [-0.2, -0.15) is 9.98 Å². The summed E-state index contributed by atoms with van der Waals surface area (Å²) in [6.45, 7) is 8.84. The molecule has 4 N–H and O–H groups in total. The minimum atomic E-state index is -0.749. The molecule has 0 atom stereocenters. The largest absolute Gasteiger partial charge is 0.493 e. The molecular weight excluding hydrogens is 466 g/mol. The summed E-state index contributed by atoms with van der Waals surface area (Å²) in [4.78, 5) is 53.5. The van der Waals surface area contributed by atoms with E-state index in [-0.39, 0.29) is 17.8 Å². The van der Waals surface area contributed by atoms with Gasteiger partial charge in [0.15, 0.2) is 5.96 Å². The van der Waals surface area contributed by atoms with Crippen LogP contribution in [-0.2, 0) is 16.0 Å². The maximum atomic E-state index is 13.6. The van der Waals surface area contributed by atoms with E-state index >= 15 is 0 Å². The van der Waals surface area contributed by atoms with Crippen molar-refractivity contribution in [2.45, 2.75) is 52.7 Å². The first kappa shape index (κ1) is 26.4. The summed E-state index contributed by atoms with van der Waals surface area (Å²) in [5, 5.41) is 0. The predicted molar refractivity (Wildman–Crippen MR) is 134 cm³/mol. The summed E-state index contributed by atoms with van der Waals surface area (Å²) in [5.41, 5.74) is 11.2. The van der Waals surface area contributed by atoms with E-state index < -0.39 is 36.0 Å². The van der Waals surface area contributed by atoms with Gasteiger partial charge in [0.1, 0.15) is 23.7 Å². The number of carbonyl (C=O) groups is 3. The highest BCUT2D eigenvalue weighted by molar-refractivity contribution is 6.09. The van der Waals surface area contributed by atoms with Gasteiger partial charge in [-0.3, -0.25) is 14.5 Å². The molecule has 12 heteroatoms. The van der Waals surface area contributed by atoms with Gasteiger partial charge in [0.05, 0.1) is 6.61 Å². The molecule has 0 bridgehead atoms. The van der Waals surface area contributed by atoms with Gasteiger partial charge in [-0.1, -0.05) is 0 Å². The Balaban J connectivity index is 2.02. The number of benzene rings is 1. The Bertz CT molecular complexity index is 1190. The van der Waals surface area contributed by atoms with Gasteiger partial charge < -0.3 is 20.9 Å². The fourth-order valence-electron chi connectivity index (χ4n) is 3.49. The van der Waals surface area contributed by atoms with Gasteiger partial charge in [0.25, 0.3) is 11.8 Å². The zero-order valence-corrected chi connectivity index (χ0v) is 21.0. The van der Waals surface area contributed by atoms with Gasteiger partial charge in [-0.25, -0.2) is 14.7 Å². The van der Waals surface area contributed by atoms with Gasteiger partial charge in [0, 0.05) is 24.2 Å². The number of nitrogens with two attached hydrogens (primary N) is 2. The number of hydrogen-bond donors (Lipinski definition) is 2. The smallest absolute Gasteiger partial charge is 0.417 e. The van der Waals surface area contributed by atoms with Gasteiger partial charge in [0.2, 0.25) is 5.95 Å². The molecule has 36 heavy (non-hydrogen) atoms. The van der Waals surface area contributed by atoms with Crippen LogP contribution in [0.4, 0.5) is 16.6 Å². The average molecular weight is 498 g/mol. The summed E-state index contributed by atoms with van der Waals surface area (Å²) in [6.07, 6.45) is 1.40. The van der Waals surface area contributed by atoms with Crippen LogP contribution >= 0.6 is 0 Å². The average Bonchev–Trinajstić information content (AvgIpc) is 3.23. The number of hydrogen-bond acceptors (Lipinski definition) is 7. The number of carbonyl (C=O) groups excluding carboxylic acids is 3. The number of nitrogens with zero attached hydrogens (tertiary/aromatic N) is 5. The highest BCUT2D eigenvalue weighted by atomic mass is 16.6. The third-order valence-corrected chi connectivity index (χ3v) is 4.96. The SMILES string of the molecule is CC(C)N(C(=O)OC(C)(C)C)c1nccc(N(CC(=O)N=C(N)N)C(=O)c2ccc3c(c2)CCO3)n1. The van der Waals surface area contributed by atoms with Crippen molar-refractivity contribution < 1.29 is 23.9 Å². The molecule has 0 saturated heterocycles. The number of ether oxygens (including phenoxy) is 2. The van der Waals surface area contributed by atoms with E-state index in [1.54, 1.807) is 52.8 Å². The second-order valence-corrected chi connectivity index (χ2v) is 9.40. The Hall–Kier alpha value is -4.22. The number of fused-ring (bicyclic) bond motifs is 1. The monoisotopic (exact) mass is 497 g/mol. The Morgan fingerprint density at radius 2 is 1.92 bits per heavy atom. The second-order valence-electron chi connectivity index (χ2n) is 9.40. The van der Waals surface area contributed by atoms with Crippen molar-refractivity contribution >= 4 is 35.6 Å². The highest BCUT2D eigenvalue weighted by Gasteiger charge is 2.29. The third-order valence-electron chi connectivity index (χ3n) is 4.96. The van der Waals surface area contributed by atoms with Crippen molar-refractivity contribution in [3.05, 3.63) is 41.6 Å². The van der Waals surface area contributed by atoms with Crippen LogP contribution in [0, 0.1) is 0 Å². The molecule has 3 amide bonds. The Morgan fingerprint density at radius 1 is 1.19 bits per heavy atom. The Morgan fingerprint density at radius 3 is 2.56 bits per heavy atom. The number of guanidine groups is 1. The summed E-state index contributed by atoms with van der Waals surface area (Å²) in [5.74, 6) is -0.894. The lowest BCUT2D eigenvalue weighted by atomic mass is 10.1. The molecular formula is C24H31N7O5. The number of aliphatic imine (C=N–C) groups is 1. The molecule has 2 heterocycles. The lowest BCUT2D eigenvalue weighted by Gasteiger charge is -2.29. The van der Waals surface area contributed by atoms with Crippen LogP contribution in [0.3, 0.4) is 0 Å². The summed E-state index contributed by atoms with van der Waals surface area (Å²) < 4.78 is 11.0.